The summed E-state index contributed by atoms with van der Waals surface area (Å²) in [6.07, 6.45) is 6.24. The highest BCUT2D eigenvalue weighted by Crippen LogP contribution is 2.27. The minimum absolute atomic E-state index is 0.00340. The summed E-state index contributed by atoms with van der Waals surface area (Å²) in [6, 6.07) is 4.48. The molecule has 1 aromatic carbocycles. The fourth-order valence-electron chi connectivity index (χ4n) is 2.78. The minimum atomic E-state index is -0.529. The van der Waals surface area contributed by atoms with E-state index in [-0.39, 0.29) is 30.0 Å². The first kappa shape index (κ1) is 25.4. The van der Waals surface area contributed by atoms with Crippen molar-refractivity contribution in [3.8, 4) is 5.75 Å². The van der Waals surface area contributed by atoms with Crippen LogP contribution in [-0.4, -0.2) is 30.6 Å². The van der Waals surface area contributed by atoms with Crippen LogP contribution in [0.4, 0.5) is 5.69 Å². The van der Waals surface area contributed by atoms with Crippen LogP contribution in [0.25, 0.3) is 0 Å². The van der Waals surface area contributed by atoms with E-state index < -0.39 is 4.92 Å². The molecule has 0 amide bonds. The Balaban J connectivity index is 2.11. The van der Waals surface area contributed by atoms with E-state index in [2.05, 4.69) is 0 Å². The van der Waals surface area contributed by atoms with E-state index in [0.29, 0.717) is 30.9 Å². The molecule has 1 rings (SSSR count). The highest BCUT2D eigenvalue weighted by Gasteiger charge is 2.15. The number of methoxy groups -OCH3 is 1. The van der Waals surface area contributed by atoms with Gasteiger partial charge in [-0.1, -0.05) is 45.6 Å². The minimum Gasteiger partial charge on any atom is -0.490 e. The Morgan fingerprint density at radius 1 is 0.967 bits per heavy atom. The second kappa shape index (κ2) is 14.4. The summed E-state index contributed by atoms with van der Waals surface area (Å²) in [6.45, 7) is 4.49. The molecule has 0 radical (unpaired) electrons. The molecule has 0 N–H and O–H groups in total. The molecule has 0 aliphatic carbocycles. The fraction of sp³-hybridized carbons (Fsp3) is 0.636. The highest BCUT2D eigenvalue weighted by atomic mass is 16.6. The van der Waals surface area contributed by atoms with Gasteiger partial charge in [-0.15, -0.1) is 0 Å². The fourth-order valence-corrected chi connectivity index (χ4v) is 2.78. The smallest absolute Gasteiger partial charge is 0.311 e. The van der Waals surface area contributed by atoms with Crippen LogP contribution in [0.15, 0.2) is 18.2 Å². The molecule has 8 nitrogen and oxygen atoms in total. The highest BCUT2D eigenvalue weighted by molar-refractivity contribution is 5.69. The maximum atomic E-state index is 11.8. The van der Waals surface area contributed by atoms with Gasteiger partial charge in [0.15, 0.2) is 5.75 Å². The third-order valence-electron chi connectivity index (χ3n) is 4.43. The molecule has 0 aromatic heterocycles. The second-order valence-electron chi connectivity index (χ2n) is 7.62. The number of unbranched alkanes of at least 4 members (excludes halogenated alkanes) is 5. The summed E-state index contributed by atoms with van der Waals surface area (Å²) < 4.78 is 15.3. The predicted octanol–water partition coefficient (Wildman–Crippen LogP) is 4.97. The van der Waals surface area contributed by atoms with Crippen LogP contribution >= 0.6 is 0 Å². The van der Waals surface area contributed by atoms with Crippen molar-refractivity contribution in [2.75, 3.05) is 13.7 Å². The molecule has 8 heteroatoms. The van der Waals surface area contributed by atoms with E-state index in [1.54, 1.807) is 6.07 Å². The number of ether oxygens (including phenoxy) is 3. The number of carbonyl (C=O) groups is 2. The molecule has 0 unspecified atom stereocenters. The number of nitro groups is 1. The zero-order valence-electron chi connectivity index (χ0n) is 18.2. The summed E-state index contributed by atoms with van der Waals surface area (Å²) >= 11 is 0. The third-order valence-corrected chi connectivity index (χ3v) is 4.43. The summed E-state index contributed by atoms with van der Waals surface area (Å²) in [5, 5.41) is 11.0. The van der Waals surface area contributed by atoms with Gasteiger partial charge >= 0.3 is 17.6 Å². The topological polar surface area (TPSA) is 105 Å². The predicted molar refractivity (Wildman–Crippen MR) is 112 cm³/mol. The van der Waals surface area contributed by atoms with Crippen molar-refractivity contribution in [1.82, 2.24) is 0 Å². The van der Waals surface area contributed by atoms with Gasteiger partial charge in [0.1, 0.15) is 6.61 Å². The molecule has 0 saturated heterocycles. The van der Waals surface area contributed by atoms with Gasteiger partial charge in [0, 0.05) is 18.9 Å². The van der Waals surface area contributed by atoms with Crippen LogP contribution in [0.1, 0.15) is 70.8 Å². The largest absolute Gasteiger partial charge is 0.490 e. The number of hydrogen-bond acceptors (Lipinski definition) is 7. The maximum Gasteiger partial charge on any atom is 0.311 e. The van der Waals surface area contributed by atoms with Crippen molar-refractivity contribution in [2.24, 2.45) is 5.92 Å². The number of rotatable bonds is 15. The Hall–Kier alpha value is -2.64. The number of esters is 2. The zero-order valence-corrected chi connectivity index (χ0v) is 18.2. The van der Waals surface area contributed by atoms with Crippen LogP contribution in [0, 0.1) is 16.0 Å². The Kier molecular flexibility index (Phi) is 12.2. The van der Waals surface area contributed by atoms with E-state index >= 15 is 0 Å². The molecule has 0 saturated carbocycles. The van der Waals surface area contributed by atoms with Gasteiger partial charge in [0.05, 0.1) is 18.6 Å². The van der Waals surface area contributed by atoms with Crippen LogP contribution in [0.3, 0.4) is 0 Å². The van der Waals surface area contributed by atoms with Gasteiger partial charge in [-0.25, -0.2) is 0 Å². The molecule has 0 aliphatic rings. The van der Waals surface area contributed by atoms with Crippen LogP contribution in [0.2, 0.25) is 0 Å². The molecule has 168 valence electrons. The molecular weight excluding hydrogens is 390 g/mol. The SMILES string of the molecule is COc1ccc(COC(=O)CCCCCCCCC(=O)OCC(C)C)cc1[N+](=O)[O-]. The van der Waals surface area contributed by atoms with Gasteiger partial charge in [-0.05, 0) is 30.4 Å². The van der Waals surface area contributed by atoms with E-state index in [1.807, 2.05) is 13.8 Å². The molecule has 0 aliphatic heterocycles. The summed E-state index contributed by atoms with van der Waals surface area (Å²) in [5.74, 6) is 0.0768. The van der Waals surface area contributed by atoms with Crippen LogP contribution in [-0.2, 0) is 25.7 Å². The van der Waals surface area contributed by atoms with E-state index in [9.17, 15) is 19.7 Å². The average molecular weight is 424 g/mol. The molecule has 0 heterocycles. The molecule has 1 aromatic rings. The first-order chi connectivity index (χ1) is 14.3. The van der Waals surface area contributed by atoms with Crippen molar-refractivity contribution in [2.45, 2.75) is 71.8 Å². The van der Waals surface area contributed by atoms with Crippen molar-refractivity contribution in [1.29, 1.82) is 0 Å². The van der Waals surface area contributed by atoms with E-state index in [4.69, 9.17) is 14.2 Å². The van der Waals surface area contributed by atoms with Crippen LogP contribution in [0.5, 0.6) is 5.75 Å². The normalized spacial score (nSPS) is 10.7. The number of carbonyl (C=O) groups excluding carboxylic acids is 2. The van der Waals surface area contributed by atoms with Crippen LogP contribution < -0.4 is 4.74 Å². The Labute approximate surface area is 178 Å². The third kappa shape index (κ3) is 10.8. The number of benzene rings is 1. The van der Waals surface area contributed by atoms with Gasteiger partial charge in [-0.2, -0.15) is 0 Å². The molecule has 0 bridgehead atoms. The quantitative estimate of drug-likeness (QED) is 0.170. The van der Waals surface area contributed by atoms with Gasteiger partial charge < -0.3 is 14.2 Å². The molecular formula is C22H33NO7. The lowest BCUT2D eigenvalue weighted by atomic mass is 10.1. The summed E-state index contributed by atoms with van der Waals surface area (Å²) in [7, 11) is 1.37. The first-order valence-corrected chi connectivity index (χ1v) is 10.5. The number of hydrogen-bond donors (Lipinski definition) is 0. The van der Waals surface area contributed by atoms with E-state index in [1.165, 1.54) is 19.2 Å². The Bertz CT molecular complexity index is 688. The van der Waals surface area contributed by atoms with Crippen molar-refractivity contribution in [3.63, 3.8) is 0 Å². The first-order valence-electron chi connectivity index (χ1n) is 10.5. The Morgan fingerprint density at radius 3 is 2.07 bits per heavy atom. The lowest BCUT2D eigenvalue weighted by Gasteiger charge is -2.07. The molecule has 30 heavy (non-hydrogen) atoms. The zero-order chi connectivity index (χ0) is 22.4. The van der Waals surface area contributed by atoms with Crippen molar-refractivity contribution in [3.05, 3.63) is 33.9 Å². The molecule has 0 fully saturated rings. The van der Waals surface area contributed by atoms with Gasteiger partial charge in [0.2, 0.25) is 0 Å². The second-order valence-corrected chi connectivity index (χ2v) is 7.62. The van der Waals surface area contributed by atoms with Gasteiger partial charge in [0.25, 0.3) is 0 Å². The monoisotopic (exact) mass is 423 g/mol. The Morgan fingerprint density at radius 2 is 1.53 bits per heavy atom. The maximum absolute atomic E-state index is 11.8. The lowest BCUT2D eigenvalue weighted by molar-refractivity contribution is -0.385. The molecule has 0 spiro atoms. The number of nitrogens with zero attached hydrogens (tertiary/aromatic N) is 1. The molecule has 0 atom stereocenters. The summed E-state index contributed by atoms with van der Waals surface area (Å²) in [4.78, 5) is 33.8. The lowest BCUT2D eigenvalue weighted by Crippen LogP contribution is -2.09. The number of nitro benzene ring substituents is 1. The van der Waals surface area contributed by atoms with E-state index in [0.717, 1.165) is 38.5 Å². The standard InChI is InChI=1S/C22H33NO7/c1-17(2)15-29-21(24)10-8-6-4-5-7-9-11-22(25)30-16-18-12-13-20(28-3)19(14-18)23(26)27/h12-14,17H,4-11,15-16H2,1-3H3. The average Bonchev–Trinajstić information content (AvgIpc) is 2.72. The van der Waals surface area contributed by atoms with Crippen molar-refractivity contribution >= 4 is 17.6 Å². The van der Waals surface area contributed by atoms with Crippen molar-refractivity contribution < 1.29 is 28.7 Å². The van der Waals surface area contributed by atoms with Gasteiger partial charge in [-0.3, -0.25) is 19.7 Å². The summed E-state index contributed by atoms with van der Waals surface area (Å²) in [5.41, 5.74) is 0.391.